The average Bonchev–Trinajstić information content (AvgIpc) is 2.27. The van der Waals surface area contributed by atoms with Crippen molar-refractivity contribution < 1.29 is 4.79 Å². The summed E-state index contributed by atoms with van der Waals surface area (Å²) in [6, 6.07) is 8.46. The van der Waals surface area contributed by atoms with E-state index >= 15 is 0 Å². The number of anilines is 1. The normalized spacial score (nSPS) is 11.4. The summed E-state index contributed by atoms with van der Waals surface area (Å²) in [6.45, 7) is 11.6. The first-order valence-corrected chi connectivity index (χ1v) is 6.19. The summed E-state index contributed by atoms with van der Waals surface area (Å²) in [7, 11) is 0. The van der Waals surface area contributed by atoms with Gasteiger partial charge >= 0.3 is 0 Å². The van der Waals surface area contributed by atoms with Gasteiger partial charge in [0, 0.05) is 24.2 Å². The SMILES string of the molecule is CCN(CC(C)(C)C(C)=O)c1ccc(C)cc1. The predicted molar refractivity (Wildman–Crippen MR) is 73.5 cm³/mol. The second-order valence-corrected chi connectivity index (χ2v) is 5.29. The maximum Gasteiger partial charge on any atom is 0.137 e. The van der Waals surface area contributed by atoms with E-state index in [-0.39, 0.29) is 11.2 Å². The third-order valence-corrected chi connectivity index (χ3v) is 3.32. The molecule has 0 amide bonds. The van der Waals surface area contributed by atoms with Gasteiger partial charge in [-0.05, 0) is 32.9 Å². The van der Waals surface area contributed by atoms with Crippen molar-refractivity contribution in [3.63, 3.8) is 0 Å². The Morgan fingerprint density at radius 2 is 1.76 bits per heavy atom. The molecule has 2 heteroatoms. The molecule has 0 aliphatic rings. The number of rotatable bonds is 5. The first-order chi connectivity index (χ1) is 7.86. The second-order valence-electron chi connectivity index (χ2n) is 5.29. The lowest BCUT2D eigenvalue weighted by Crippen LogP contribution is -2.38. The molecular weight excluding hydrogens is 210 g/mol. The Morgan fingerprint density at radius 1 is 1.24 bits per heavy atom. The summed E-state index contributed by atoms with van der Waals surface area (Å²) in [6.07, 6.45) is 0. The predicted octanol–water partition coefficient (Wildman–Crippen LogP) is 3.44. The maximum absolute atomic E-state index is 11.6. The molecule has 0 fully saturated rings. The van der Waals surface area contributed by atoms with Crippen molar-refractivity contribution in [1.29, 1.82) is 0 Å². The van der Waals surface area contributed by atoms with Crippen molar-refractivity contribution in [1.82, 2.24) is 0 Å². The third-order valence-electron chi connectivity index (χ3n) is 3.32. The minimum atomic E-state index is -0.291. The van der Waals surface area contributed by atoms with Crippen LogP contribution in [0.2, 0.25) is 0 Å². The van der Waals surface area contributed by atoms with Gasteiger partial charge in [0.25, 0.3) is 0 Å². The molecule has 17 heavy (non-hydrogen) atoms. The van der Waals surface area contributed by atoms with E-state index in [0.29, 0.717) is 0 Å². The molecule has 1 aromatic carbocycles. The lowest BCUT2D eigenvalue weighted by atomic mass is 9.88. The van der Waals surface area contributed by atoms with Crippen LogP contribution in [0.3, 0.4) is 0 Å². The van der Waals surface area contributed by atoms with Crippen molar-refractivity contribution in [2.75, 3.05) is 18.0 Å². The Balaban J connectivity index is 2.86. The summed E-state index contributed by atoms with van der Waals surface area (Å²) in [4.78, 5) is 13.8. The molecule has 0 heterocycles. The molecule has 2 nitrogen and oxygen atoms in total. The van der Waals surface area contributed by atoms with Gasteiger partial charge in [-0.2, -0.15) is 0 Å². The monoisotopic (exact) mass is 233 g/mol. The van der Waals surface area contributed by atoms with Crippen LogP contribution in [0.5, 0.6) is 0 Å². The van der Waals surface area contributed by atoms with Crippen LogP contribution in [0.25, 0.3) is 0 Å². The number of aryl methyl sites for hydroxylation is 1. The molecular formula is C15H23NO. The number of ketones is 1. The van der Waals surface area contributed by atoms with Crippen LogP contribution >= 0.6 is 0 Å². The van der Waals surface area contributed by atoms with Gasteiger partial charge in [0.2, 0.25) is 0 Å². The summed E-state index contributed by atoms with van der Waals surface area (Å²) < 4.78 is 0. The first kappa shape index (κ1) is 13.8. The maximum atomic E-state index is 11.6. The van der Waals surface area contributed by atoms with Crippen molar-refractivity contribution in [3.05, 3.63) is 29.8 Å². The fraction of sp³-hybridized carbons (Fsp3) is 0.533. The lowest BCUT2D eigenvalue weighted by Gasteiger charge is -2.31. The van der Waals surface area contributed by atoms with Crippen LogP contribution in [-0.2, 0) is 4.79 Å². The Kier molecular flexibility index (Phi) is 4.33. The Labute approximate surface area is 105 Å². The van der Waals surface area contributed by atoms with Gasteiger partial charge in [0.1, 0.15) is 5.78 Å². The molecule has 0 saturated carbocycles. The van der Waals surface area contributed by atoms with Gasteiger partial charge in [0.05, 0.1) is 0 Å². The van der Waals surface area contributed by atoms with E-state index in [9.17, 15) is 4.79 Å². The summed E-state index contributed by atoms with van der Waals surface area (Å²) in [5.41, 5.74) is 2.16. The summed E-state index contributed by atoms with van der Waals surface area (Å²) >= 11 is 0. The molecule has 0 N–H and O–H groups in total. The zero-order chi connectivity index (χ0) is 13.1. The fourth-order valence-corrected chi connectivity index (χ4v) is 1.73. The molecule has 0 saturated heterocycles. The van der Waals surface area contributed by atoms with Crippen LogP contribution in [-0.4, -0.2) is 18.9 Å². The van der Waals surface area contributed by atoms with Crippen molar-refractivity contribution in [3.8, 4) is 0 Å². The molecule has 94 valence electrons. The molecule has 1 aromatic rings. The van der Waals surface area contributed by atoms with E-state index in [2.05, 4.69) is 43.0 Å². The number of hydrogen-bond donors (Lipinski definition) is 0. The van der Waals surface area contributed by atoms with Crippen LogP contribution in [0, 0.1) is 12.3 Å². The standard InChI is InChI=1S/C15H23NO/c1-6-16(11-15(4,5)13(3)17)14-9-7-12(2)8-10-14/h7-10H,6,11H2,1-5H3. The second kappa shape index (κ2) is 5.35. The smallest absolute Gasteiger partial charge is 0.137 e. The van der Waals surface area contributed by atoms with Crippen LogP contribution in [0.1, 0.15) is 33.3 Å². The first-order valence-electron chi connectivity index (χ1n) is 6.19. The lowest BCUT2D eigenvalue weighted by molar-refractivity contribution is -0.124. The quantitative estimate of drug-likeness (QED) is 0.776. The van der Waals surface area contributed by atoms with Gasteiger partial charge in [-0.1, -0.05) is 31.5 Å². The number of carbonyl (C=O) groups is 1. The minimum Gasteiger partial charge on any atom is -0.371 e. The Hall–Kier alpha value is -1.31. The van der Waals surface area contributed by atoms with Crippen LogP contribution < -0.4 is 4.90 Å². The van der Waals surface area contributed by atoms with Gasteiger partial charge in [-0.15, -0.1) is 0 Å². The van der Waals surface area contributed by atoms with Crippen molar-refractivity contribution >= 4 is 11.5 Å². The Bertz CT molecular complexity index is 378. The highest BCUT2D eigenvalue weighted by molar-refractivity contribution is 5.82. The van der Waals surface area contributed by atoms with E-state index in [4.69, 9.17) is 0 Å². The molecule has 0 radical (unpaired) electrons. The number of benzene rings is 1. The van der Waals surface area contributed by atoms with E-state index in [1.54, 1.807) is 6.92 Å². The highest BCUT2D eigenvalue weighted by Crippen LogP contribution is 2.23. The molecule has 0 atom stereocenters. The molecule has 0 aromatic heterocycles. The van der Waals surface area contributed by atoms with Crippen molar-refractivity contribution in [2.24, 2.45) is 5.41 Å². The molecule has 0 aliphatic heterocycles. The van der Waals surface area contributed by atoms with E-state index in [0.717, 1.165) is 13.1 Å². The molecule has 0 bridgehead atoms. The minimum absolute atomic E-state index is 0.239. The van der Waals surface area contributed by atoms with Gasteiger partial charge < -0.3 is 4.90 Å². The average molecular weight is 233 g/mol. The highest BCUT2D eigenvalue weighted by atomic mass is 16.1. The number of hydrogen-bond acceptors (Lipinski definition) is 2. The number of Topliss-reactive ketones (excluding diaryl/α,β-unsaturated/α-hetero) is 1. The van der Waals surface area contributed by atoms with E-state index in [1.807, 2.05) is 13.8 Å². The van der Waals surface area contributed by atoms with Crippen LogP contribution in [0.4, 0.5) is 5.69 Å². The van der Waals surface area contributed by atoms with Gasteiger partial charge in [0.15, 0.2) is 0 Å². The number of nitrogens with zero attached hydrogens (tertiary/aromatic N) is 1. The zero-order valence-corrected chi connectivity index (χ0v) is 11.6. The van der Waals surface area contributed by atoms with E-state index in [1.165, 1.54) is 11.3 Å². The summed E-state index contributed by atoms with van der Waals surface area (Å²) in [5, 5.41) is 0. The van der Waals surface area contributed by atoms with E-state index < -0.39 is 0 Å². The molecule has 1 rings (SSSR count). The molecule has 0 unspecified atom stereocenters. The van der Waals surface area contributed by atoms with Crippen molar-refractivity contribution in [2.45, 2.75) is 34.6 Å². The fourth-order valence-electron chi connectivity index (χ4n) is 1.73. The third kappa shape index (κ3) is 3.58. The largest absolute Gasteiger partial charge is 0.371 e. The molecule has 0 spiro atoms. The Morgan fingerprint density at radius 3 is 2.18 bits per heavy atom. The highest BCUT2D eigenvalue weighted by Gasteiger charge is 2.26. The van der Waals surface area contributed by atoms with Crippen LogP contribution in [0.15, 0.2) is 24.3 Å². The topological polar surface area (TPSA) is 20.3 Å². The number of carbonyl (C=O) groups excluding carboxylic acids is 1. The summed E-state index contributed by atoms with van der Waals surface area (Å²) in [5.74, 6) is 0.239. The van der Waals surface area contributed by atoms with Gasteiger partial charge in [-0.3, -0.25) is 4.79 Å². The zero-order valence-electron chi connectivity index (χ0n) is 11.6. The molecule has 0 aliphatic carbocycles. The van der Waals surface area contributed by atoms with Gasteiger partial charge in [-0.25, -0.2) is 0 Å².